The number of methoxy groups -OCH3 is 1. The largest absolute Gasteiger partial charge is 0.496 e. The molecule has 0 bridgehead atoms. The fourth-order valence-electron chi connectivity index (χ4n) is 3.45. The lowest BCUT2D eigenvalue weighted by Crippen LogP contribution is -2.26. The number of fused-ring (bicyclic) bond motifs is 1. The topological polar surface area (TPSA) is 80.3 Å². The van der Waals surface area contributed by atoms with Gasteiger partial charge in [0.1, 0.15) is 11.3 Å². The molecule has 0 saturated carbocycles. The van der Waals surface area contributed by atoms with Crippen LogP contribution in [-0.2, 0) is 4.79 Å². The number of benzene rings is 3. The van der Waals surface area contributed by atoms with Crippen molar-refractivity contribution in [2.45, 2.75) is 60.7 Å². The highest BCUT2D eigenvalue weighted by Crippen LogP contribution is 2.53. The highest BCUT2D eigenvalue weighted by molar-refractivity contribution is 6.31. The Hall–Kier alpha value is -3.45. The predicted molar refractivity (Wildman–Crippen MR) is 144 cm³/mol. The Morgan fingerprint density at radius 2 is 1.35 bits per heavy atom. The molecule has 0 aliphatic rings. The Bertz CT molecular complexity index is 1310. The van der Waals surface area contributed by atoms with Crippen molar-refractivity contribution in [1.29, 1.82) is 0 Å². The predicted octanol–water partition coefficient (Wildman–Crippen LogP) is 7.25. The fraction of sp³-hybridized carbons (Fsp3) is 0.379. The molecule has 0 saturated heterocycles. The molecule has 0 radical (unpaired) electrons. The molecule has 7 nitrogen and oxygen atoms in total. The average molecular weight is 529 g/mol. The van der Waals surface area contributed by atoms with E-state index in [1.807, 2.05) is 27.7 Å². The quantitative estimate of drug-likeness (QED) is 0.225. The van der Waals surface area contributed by atoms with Crippen LogP contribution in [0.2, 0.25) is 5.02 Å². The summed E-state index contributed by atoms with van der Waals surface area (Å²) < 4.78 is 29.5. The maximum atomic E-state index is 13.4. The Balaban J connectivity index is 2.36. The van der Waals surface area contributed by atoms with Crippen LogP contribution in [0.5, 0.6) is 28.7 Å². The number of hydrogen-bond donors (Lipinski definition) is 0. The maximum absolute atomic E-state index is 13.4. The molecule has 0 aliphatic heterocycles. The van der Waals surface area contributed by atoms with E-state index in [-0.39, 0.29) is 40.8 Å². The third kappa shape index (κ3) is 6.46. The van der Waals surface area contributed by atoms with E-state index in [0.29, 0.717) is 21.5 Å². The normalized spacial score (nSPS) is 11.5. The molecular formula is C29H33ClO7. The minimum absolute atomic E-state index is 0.0910. The number of halogens is 1. The molecule has 0 atom stereocenters. The van der Waals surface area contributed by atoms with Gasteiger partial charge in [0.15, 0.2) is 11.5 Å². The molecule has 0 unspecified atom stereocenters. The first-order valence-electron chi connectivity index (χ1n) is 12.0. The van der Waals surface area contributed by atoms with Crippen molar-refractivity contribution in [3.8, 4) is 28.7 Å². The second-order valence-electron chi connectivity index (χ2n) is 10.1. The van der Waals surface area contributed by atoms with Crippen molar-refractivity contribution in [3.63, 3.8) is 0 Å². The summed E-state index contributed by atoms with van der Waals surface area (Å²) in [6.45, 7) is 12.6. The Labute approximate surface area is 222 Å². The number of esters is 2. The maximum Gasteiger partial charge on any atom is 0.347 e. The zero-order valence-corrected chi connectivity index (χ0v) is 23.2. The molecule has 0 amide bonds. The van der Waals surface area contributed by atoms with E-state index in [1.165, 1.54) is 7.11 Å². The van der Waals surface area contributed by atoms with E-state index in [1.54, 1.807) is 63.2 Å². The molecule has 198 valence electrons. The van der Waals surface area contributed by atoms with Crippen molar-refractivity contribution < 1.29 is 33.3 Å². The first kappa shape index (κ1) is 28.1. The van der Waals surface area contributed by atoms with E-state index in [2.05, 4.69) is 0 Å². The molecule has 37 heavy (non-hydrogen) atoms. The minimum Gasteiger partial charge on any atom is -0.496 e. The van der Waals surface area contributed by atoms with Gasteiger partial charge in [-0.2, -0.15) is 0 Å². The van der Waals surface area contributed by atoms with Gasteiger partial charge in [-0.15, -0.1) is 0 Å². The van der Waals surface area contributed by atoms with E-state index < -0.39 is 17.4 Å². The van der Waals surface area contributed by atoms with Crippen molar-refractivity contribution >= 4 is 34.3 Å². The van der Waals surface area contributed by atoms with Crippen LogP contribution < -0.4 is 23.7 Å². The number of carbonyl (C=O) groups excluding carboxylic acids is 2. The van der Waals surface area contributed by atoms with Gasteiger partial charge in [-0.05, 0) is 78.8 Å². The van der Waals surface area contributed by atoms with Crippen molar-refractivity contribution in [3.05, 3.63) is 53.1 Å². The van der Waals surface area contributed by atoms with Gasteiger partial charge in [-0.1, -0.05) is 23.7 Å². The molecule has 0 fully saturated rings. The molecule has 3 rings (SSSR count). The minimum atomic E-state index is -0.790. The van der Waals surface area contributed by atoms with E-state index in [9.17, 15) is 9.59 Å². The molecular weight excluding hydrogens is 496 g/mol. The van der Waals surface area contributed by atoms with Gasteiger partial charge in [-0.25, -0.2) is 4.79 Å². The van der Waals surface area contributed by atoms with Crippen molar-refractivity contribution in [2.75, 3.05) is 7.11 Å². The molecule has 3 aromatic rings. The zero-order valence-electron chi connectivity index (χ0n) is 22.4. The van der Waals surface area contributed by atoms with Crippen LogP contribution in [0.25, 0.3) is 10.8 Å². The number of ether oxygens (including phenoxy) is 5. The summed E-state index contributed by atoms with van der Waals surface area (Å²) in [7, 11) is 1.47. The number of hydrogen-bond acceptors (Lipinski definition) is 7. The first-order valence-corrected chi connectivity index (χ1v) is 12.4. The molecule has 8 heteroatoms. The van der Waals surface area contributed by atoms with Gasteiger partial charge in [-0.3, -0.25) is 4.79 Å². The highest BCUT2D eigenvalue weighted by Gasteiger charge is 2.32. The zero-order chi connectivity index (χ0) is 27.5. The van der Waals surface area contributed by atoms with Crippen LogP contribution in [0, 0.1) is 5.41 Å². The van der Waals surface area contributed by atoms with E-state index >= 15 is 0 Å². The van der Waals surface area contributed by atoms with E-state index in [0.717, 1.165) is 0 Å². The lowest BCUT2D eigenvalue weighted by Gasteiger charge is -2.25. The Morgan fingerprint density at radius 1 is 0.784 bits per heavy atom. The summed E-state index contributed by atoms with van der Waals surface area (Å²) in [6.07, 6.45) is -0.648. The summed E-state index contributed by atoms with van der Waals surface area (Å²) in [5, 5.41) is 1.28. The Morgan fingerprint density at radius 3 is 1.89 bits per heavy atom. The summed E-state index contributed by atoms with van der Waals surface area (Å²) in [4.78, 5) is 26.4. The molecule has 0 aliphatic carbocycles. The second kappa shape index (κ2) is 11.3. The van der Waals surface area contributed by atoms with Gasteiger partial charge in [0.2, 0.25) is 11.5 Å². The van der Waals surface area contributed by atoms with Crippen molar-refractivity contribution in [2.24, 2.45) is 5.41 Å². The fourth-order valence-corrected chi connectivity index (χ4v) is 3.62. The van der Waals surface area contributed by atoms with Crippen molar-refractivity contribution in [1.82, 2.24) is 0 Å². The van der Waals surface area contributed by atoms with Gasteiger partial charge < -0.3 is 23.7 Å². The molecule has 0 N–H and O–H groups in total. The molecule has 0 spiro atoms. The summed E-state index contributed by atoms with van der Waals surface area (Å²) >= 11 is 6.36. The molecule has 0 heterocycles. The first-order chi connectivity index (χ1) is 17.3. The van der Waals surface area contributed by atoms with Crippen LogP contribution >= 0.6 is 11.6 Å². The SMILES string of the molecule is COc1ccccc1C(=O)Oc1c(OC(C)C)c(OC(C)C)c(OC(=O)C(C)(C)C)c2ccc(Cl)cc12. The summed E-state index contributed by atoms with van der Waals surface area (Å²) in [5.41, 5.74) is -0.563. The number of carbonyl (C=O) groups is 2. The number of rotatable bonds is 8. The Kier molecular flexibility index (Phi) is 8.59. The van der Waals surface area contributed by atoms with Crippen LogP contribution in [0.4, 0.5) is 0 Å². The monoisotopic (exact) mass is 528 g/mol. The lowest BCUT2D eigenvalue weighted by atomic mass is 9.97. The third-order valence-corrected chi connectivity index (χ3v) is 5.36. The average Bonchev–Trinajstić information content (AvgIpc) is 2.81. The smallest absolute Gasteiger partial charge is 0.347 e. The summed E-state index contributed by atoms with van der Waals surface area (Å²) in [5.74, 6) is -0.247. The van der Waals surface area contributed by atoms with Gasteiger partial charge in [0.05, 0.1) is 24.7 Å². The van der Waals surface area contributed by atoms with Crippen LogP contribution in [-0.4, -0.2) is 31.3 Å². The van der Waals surface area contributed by atoms with Crippen LogP contribution in [0.3, 0.4) is 0 Å². The molecule has 3 aromatic carbocycles. The third-order valence-electron chi connectivity index (χ3n) is 5.13. The standard InChI is InChI=1S/C29H33ClO7/c1-16(2)34-25-23(37-28(32)29(5,6)7)19-14-13-18(30)15-21(19)24(26(25)35-17(3)4)36-27(31)20-11-9-10-12-22(20)33-8/h9-17H,1-8H3. The van der Waals surface area contributed by atoms with Crippen LogP contribution in [0.15, 0.2) is 42.5 Å². The molecule has 0 aromatic heterocycles. The summed E-state index contributed by atoms with van der Waals surface area (Å²) in [6, 6.07) is 11.7. The van der Waals surface area contributed by atoms with E-state index in [4.69, 9.17) is 35.3 Å². The lowest BCUT2D eigenvalue weighted by molar-refractivity contribution is -0.143. The highest BCUT2D eigenvalue weighted by atomic mass is 35.5. The van der Waals surface area contributed by atoms with Gasteiger partial charge in [0, 0.05) is 15.8 Å². The van der Waals surface area contributed by atoms with Gasteiger partial charge in [0.25, 0.3) is 0 Å². The van der Waals surface area contributed by atoms with Crippen LogP contribution in [0.1, 0.15) is 58.8 Å². The second-order valence-corrected chi connectivity index (χ2v) is 10.5. The van der Waals surface area contributed by atoms with Gasteiger partial charge >= 0.3 is 11.9 Å². The number of para-hydroxylation sites is 1.